The average Bonchev–Trinajstić information content (AvgIpc) is 3.27. The third-order valence-corrected chi connectivity index (χ3v) is 4.70. The highest BCUT2D eigenvalue weighted by Crippen LogP contribution is 2.39. The van der Waals surface area contributed by atoms with Gasteiger partial charge in [0.05, 0.1) is 33.2 Å². The summed E-state index contributed by atoms with van der Waals surface area (Å²) >= 11 is 0. The number of H-pyrrole nitrogens is 1. The highest BCUT2D eigenvalue weighted by molar-refractivity contribution is 6.01. The van der Waals surface area contributed by atoms with Crippen LogP contribution in [0, 0.1) is 0 Å². The summed E-state index contributed by atoms with van der Waals surface area (Å²) in [5.74, 6) is 1.60. The third kappa shape index (κ3) is 4.22. The number of hydrogen-bond donors (Lipinski definition) is 2. The second-order valence-electron chi connectivity index (χ2n) is 6.68. The maximum Gasteiger partial charge on any atom is 0.255 e. The molecule has 0 fully saturated rings. The quantitative estimate of drug-likeness (QED) is 0.462. The Morgan fingerprint density at radius 2 is 1.75 bits per heavy atom. The van der Waals surface area contributed by atoms with E-state index in [-0.39, 0.29) is 5.91 Å². The van der Waals surface area contributed by atoms with E-state index >= 15 is 0 Å². The number of fused-ring (bicyclic) bond motifs is 1. The zero-order valence-corrected chi connectivity index (χ0v) is 17.7. The van der Waals surface area contributed by atoms with E-state index in [4.69, 9.17) is 14.2 Å². The molecule has 4 aromatic rings. The Morgan fingerprint density at radius 3 is 2.38 bits per heavy atom. The Kier molecular flexibility index (Phi) is 5.98. The number of aromatic nitrogens is 4. The molecule has 2 aromatic carbocycles. The summed E-state index contributed by atoms with van der Waals surface area (Å²) < 4.78 is 16.3. The maximum atomic E-state index is 12.9. The molecule has 0 aliphatic carbocycles. The number of hydrogen-bond acceptors (Lipinski definition) is 7. The first-order valence-electron chi connectivity index (χ1n) is 9.67. The fourth-order valence-corrected chi connectivity index (χ4v) is 3.19. The van der Waals surface area contributed by atoms with Crippen LogP contribution in [0.4, 0.5) is 0 Å². The molecule has 0 spiro atoms. The lowest BCUT2D eigenvalue weighted by Crippen LogP contribution is -2.22. The molecule has 2 N–H and O–H groups in total. The molecule has 2 heterocycles. The van der Waals surface area contributed by atoms with Crippen molar-refractivity contribution in [1.82, 2.24) is 25.3 Å². The normalized spacial score (nSPS) is 11.3. The van der Waals surface area contributed by atoms with Crippen LogP contribution in [0.1, 0.15) is 21.7 Å². The molecule has 162 valence electrons. The van der Waals surface area contributed by atoms with Gasteiger partial charge in [-0.15, -0.1) is 0 Å². The van der Waals surface area contributed by atoms with Gasteiger partial charge in [0.2, 0.25) is 5.75 Å². The van der Waals surface area contributed by atoms with Gasteiger partial charge in [0.25, 0.3) is 5.91 Å². The molecule has 2 aromatic heterocycles. The van der Waals surface area contributed by atoms with E-state index in [0.29, 0.717) is 51.1 Å². The first-order valence-corrected chi connectivity index (χ1v) is 9.67. The molecular weight excluding hydrogens is 410 g/mol. The van der Waals surface area contributed by atoms with Gasteiger partial charge < -0.3 is 24.5 Å². The highest BCUT2D eigenvalue weighted by atomic mass is 16.5. The molecule has 0 aliphatic heterocycles. The van der Waals surface area contributed by atoms with Gasteiger partial charge in [-0.1, -0.05) is 18.2 Å². The van der Waals surface area contributed by atoms with E-state index < -0.39 is 0 Å². The summed E-state index contributed by atoms with van der Waals surface area (Å²) in [4.78, 5) is 28.7. The average molecular weight is 431 g/mol. The van der Waals surface area contributed by atoms with Crippen molar-refractivity contribution in [2.75, 3.05) is 21.3 Å². The lowest BCUT2D eigenvalue weighted by atomic mass is 10.1. The van der Waals surface area contributed by atoms with Gasteiger partial charge in [0.1, 0.15) is 11.8 Å². The van der Waals surface area contributed by atoms with Gasteiger partial charge >= 0.3 is 0 Å². The van der Waals surface area contributed by atoms with Gasteiger partial charge in [0, 0.05) is 5.56 Å². The summed E-state index contributed by atoms with van der Waals surface area (Å²) in [6.45, 7) is 0. The number of nitrogens with one attached hydrogen (secondary N) is 2. The molecule has 0 bridgehead atoms. The Hall–Kier alpha value is -4.40. The molecule has 0 radical (unpaired) electrons. The monoisotopic (exact) mass is 431 g/mol. The number of ether oxygens (including phenoxy) is 3. The maximum absolute atomic E-state index is 12.9. The topological polar surface area (TPSA) is 111 Å². The zero-order valence-electron chi connectivity index (χ0n) is 17.7. The minimum absolute atomic E-state index is 0.282. The number of aromatic amines is 1. The smallest absolute Gasteiger partial charge is 0.255 e. The van der Waals surface area contributed by atoms with E-state index in [1.54, 1.807) is 62.9 Å². The molecule has 4 rings (SSSR count). The number of rotatable bonds is 7. The Bertz CT molecular complexity index is 1230. The van der Waals surface area contributed by atoms with Crippen LogP contribution >= 0.6 is 0 Å². The van der Waals surface area contributed by atoms with E-state index in [1.807, 2.05) is 6.07 Å². The van der Waals surface area contributed by atoms with Crippen molar-refractivity contribution in [1.29, 1.82) is 0 Å². The summed E-state index contributed by atoms with van der Waals surface area (Å²) in [5.41, 5.74) is 2.78. The van der Waals surface area contributed by atoms with Crippen LogP contribution in [0.5, 0.6) is 17.2 Å². The zero-order chi connectivity index (χ0) is 22.5. The first-order chi connectivity index (χ1) is 15.6. The van der Waals surface area contributed by atoms with Crippen LogP contribution in [0.25, 0.3) is 22.9 Å². The van der Waals surface area contributed by atoms with Crippen molar-refractivity contribution >= 4 is 28.8 Å². The van der Waals surface area contributed by atoms with Crippen LogP contribution in [0.2, 0.25) is 0 Å². The molecule has 0 saturated carbocycles. The fraction of sp³-hybridized carbons (Fsp3) is 0.130. The number of imidazole rings is 1. The molecule has 32 heavy (non-hydrogen) atoms. The Balaban J connectivity index is 1.81. The van der Waals surface area contributed by atoms with Gasteiger partial charge in [-0.2, -0.15) is 0 Å². The molecule has 0 saturated heterocycles. The van der Waals surface area contributed by atoms with Crippen molar-refractivity contribution in [2.24, 2.45) is 0 Å². The van der Waals surface area contributed by atoms with Crippen LogP contribution < -0.4 is 19.5 Å². The standard InChI is InChI=1S/C23H21N5O4/c1-30-18-10-14(11-19(31-2)20(18)32-3)9-16(27-23(29)15-7-5-4-6-8-15)22-26-17-12-24-13-25-21(17)28-22/h4-13H,1-3H3,(H,27,29)(H,24,25,26,28)/b16-9+. The minimum Gasteiger partial charge on any atom is -0.493 e. The molecule has 9 nitrogen and oxygen atoms in total. The fourth-order valence-electron chi connectivity index (χ4n) is 3.19. The van der Waals surface area contributed by atoms with Crippen molar-refractivity contribution in [2.45, 2.75) is 0 Å². The number of methoxy groups -OCH3 is 3. The summed E-state index contributed by atoms with van der Waals surface area (Å²) in [5, 5.41) is 2.93. The number of benzene rings is 2. The van der Waals surface area contributed by atoms with Crippen LogP contribution in [-0.4, -0.2) is 47.2 Å². The highest BCUT2D eigenvalue weighted by Gasteiger charge is 2.16. The molecular formula is C23H21N5O4. The van der Waals surface area contributed by atoms with Gasteiger partial charge in [-0.05, 0) is 35.9 Å². The summed E-state index contributed by atoms with van der Waals surface area (Å²) in [6, 6.07) is 12.5. The van der Waals surface area contributed by atoms with Gasteiger partial charge in [-0.3, -0.25) is 4.79 Å². The summed E-state index contributed by atoms with van der Waals surface area (Å²) in [7, 11) is 4.62. The molecule has 1 amide bonds. The van der Waals surface area contributed by atoms with E-state index in [9.17, 15) is 4.79 Å². The van der Waals surface area contributed by atoms with Crippen LogP contribution in [0.15, 0.2) is 55.0 Å². The number of amides is 1. The van der Waals surface area contributed by atoms with Gasteiger partial charge in [-0.25, -0.2) is 15.0 Å². The van der Waals surface area contributed by atoms with E-state index in [2.05, 4.69) is 25.3 Å². The Labute approximate surface area is 184 Å². The van der Waals surface area contributed by atoms with Crippen molar-refractivity contribution in [3.05, 3.63) is 71.9 Å². The molecule has 0 aliphatic rings. The van der Waals surface area contributed by atoms with E-state index in [1.165, 1.54) is 13.4 Å². The van der Waals surface area contributed by atoms with Crippen molar-refractivity contribution in [3.8, 4) is 17.2 Å². The number of nitrogens with zero attached hydrogens (tertiary/aromatic N) is 3. The summed E-state index contributed by atoms with van der Waals surface area (Å²) in [6.07, 6.45) is 4.80. The largest absolute Gasteiger partial charge is 0.493 e. The van der Waals surface area contributed by atoms with Crippen molar-refractivity contribution < 1.29 is 19.0 Å². The van der Waals surface area contributed by atoms with E-state index in [0.717, 1.165) is 0 Å². The van der Waals surface area contributed by atoms with Crippen LogP contribution in [-0.2, 0) is 0 Å². The predicted molar refractivity (Wildman–Crippen MR) is 120 cm³/mol. The third-order valence-electron chi connectivity index (χ3n) is 4.70. The lowest BCUT2D eigenvalue weighted by molar-refractivity contribution is 0.0973. The van der Waals surface area contributed by atoms with Crippen molar-refractivity contribution in [3.63, 3.8) is 0 Å². The van der Waals surface area contributed by atoms with Crippen LogP contribution in [0.3, 0.4) is 0 Å². The molecule has 0 unspecified atom stereocenters. The number of carbonyl (C=O) groups is 1. The first kappa shape index (κ1) is 20.9. The SMILES string of the molecule is COc1cc(/C=C(/NC(=O)c2ccccc2)c2nc3ncncc3[nH]2)cc(OC)c1OC. The second-order valence-corrected chi connectivity index (χ2v) is 6.68. The predicted octanol–water partition coefficient (Wildman–Crippen LogP) is 3.31. The second kappa shape index (κ2) is 9.17. The Morgan fingerprint density at radius 1 is 1.03 bits per heavy atom. The lowest BCUT2D eigenvalue weighted by Gasteiger charge is -2.14. The molecule has 0 atom stereocenters. The number of carbonyl (C=O) groups excluding carboxylic acids is 1. The molecule has 9 heteroatoms. The van der Waals surface area contributed by atoms with Gasteiger partial charge in [0.15, 0.2) is 23.0 Å². The minimum atomic E-state index is -0.282.